The largest absolute Gasteiger partial charge is 0.375 e. The Balaban J connectivity index is 0.0000000923. The van der Waals surface area contributed by atoms with Gasteiger partial charge in [0, 0.05) is 75.5 Å². The predicted molar refractivity (Wildman–Crippen MR) is 135 cm³/mol. The zero-order chi connectivity index (χ0) is 23.1. The van der Waals surface area contributed by atoms with Crippen molar-refractivity contribution in [3.8, 4) is 0 Å². The van der Waals surface area contributed by atoms with E-state index in [1.807, 2.05) is 0 Å². The highest BCUT2D eigenvalue weighted by Crippen LogP contribution is 2.35. The summed E-state index contributed by atoms with van der Waals surface area (Å²) in [5.74, 6) is 1.07. The Labute approximate surface area is 202 Å². The molecule has 7 aliphatic heterocycles. The topological polar surface area (TPSA) is 37.5 Å². The van der Waals surface area contributed by atoms with Gasteiger partial charge in [-0.1, -0.05) is 0 Å². The number of nitrogens with zero attached hydrogens (tertiary/aromatic N) is 5. The quantitative estimate of drug-likeness (QED) is 0.572. The maximum absolute atomic E-state index is 5.38. The number of fused-ring (bicyclic) bond motifs is 8. The molecule has 8 atom stereocenters. The second-order valence-electron chi connectivity index (χ2n) is 12.4. The summed E-state index contributed by atoms with van der Waals surface area (Å²) in [5, 5.41) is 3.44. The van der Waals surface area contributed by atoms with Crippen LogP contribution in [0.5, 0.6) is 0 Å². The lowest BCUT2D eigenvalue weighted by atomic mass is 10.1. The third-order valence-corrected chi connectivity index (χ3v) is 9.98. The Hall–Kier alpha value is -0.280. The molecule has 1 N–H and O–H groups in total. The van der Waals surface area contributed by atoms with Crippen LogP contribution in [0.2, 0.25) is 0 Å². The van der Waals surface area contributed by atoms with Gasteiger partial charge in [0.15, 0.2) is 0 Å². The van der Waals surface area contributed by atoms with Crippen molar-refractivity contribution in [1.82, 2.24) is 29.8 Å². The van der Waals surface area contributed by atoms with Crippen molar-refractivity contribution in [1.29, 1.82) is 0 Å². The van der Waals surface area contributed by atoms with Crippen LogP contribution in [0, 0.1) is 5.92 Å². The van der Waals surface area contributed by atoms with Gasteiger partial charge in [-0.15, -0.1) is 0 Å². The molecule has 0 radical (unpaired) electrons. The van der Waals surface area contributed by atoms with E-state index in [-0.39, 0.29) is 0 Å². The van der Waals surface area contributed by atoms with Crippen molar-refractivity contribution in [2.45, 2.75) is 80.9 Å². The minimum Gasteiger partial charge on any atom is -0.375 e. The second kappa shape index (κ2) is 10.4. The number of ether oxygens (including phenoxy) is 1. The lowest BCUT2D eigenvalue weighted by Gasteiger charge is -2.28. The molecule has 0 aromatic heterocycles. The molecule has 8 fully saturated rings. The number of nitrogens with one attached hydrogen (secondary N) is 1. The summed E-state index contributed by atoms with van der Waals surface area (Å²) in [5.41, 5.74) is 0. The fraction of sp³-hybridized carbons (Fsp3) is 1.00. The summed E-state index contributed by atoms with van der Waals surface area (Å²) in [6.45, 7) is 8.59. The van der Waals surface area contributed by atoms with Gasteiger partial charge in [0.25, 0.3) is 0 Å². The first-order valence-corrected chi connectivity index (χ1v) is 13.7. The Kier molecular flexibility index (Phi) is 7.67. The molecule has 0 aromatic carbocycles. The van der Waals surface area contributed by atoms with Crippen molar-refractivity contribution >= 4 is 0 Å². The van der Waals surface area contributed by atoms with Gasteiger partial charge in [-0.3, -0.25) is 4.90 Å². The molecule has 0 amide bonds. The highest BCUT2D eigenvalue weighted by Gasteiger charge is 2.39. The standard InChI is InChI=1S/C7H14N2.C7H13N.C6H12N2.C6H11NO/c1-8-4-7-3-6(8)5-9(7)2;1-8-5-6-2-3-7(8)4-6;1-8-4-5-2-6(8)3-7-5;1-7-3-6-2-5(7)4-8-6/h6-7H,3-5H2,1-2H3;6-7H,2-5H2,1H3;5-7H,2-4H2,1H3;5-6H,2-4H2,1H3. The number of morpholine rings is 1. The first-order chi connectivity index (χ1) is 15.9. The maximum atomic E-state index is 5.38. The molecular weight excluding hydrogens is 412 g/mol. The summed E-state index contributed by atoms with van der Waals surface area (Å²) in [7, 11) is 11.1. The molecule has 1 aliphatic carbocycles. The zero-order valence-corrected chi connectivity index (χ0v) is 22.0. The van der Waals surface area contributed by atoms with E-state index in [9.17, 15) is 0 Å². The summed E-state index contributed by atoms with van der Waals surface area (Å²) in [4.78, 5) is 12.3. The van der Waals surface area contributed by atoms with Crippen LogP contribution < -0.4 is 5.32 Å². The average Bonchev–Trinajstić information content (AvgIpc) is 3.60. The fourth-order valence-corrected chi connectivity index (χ4v) is 7.60. The Morgan fingerprint density at radius 1 is 0.576 bits per heavy atom. The molecule has 1 saturated carbocycles. The van der Waals surface area contributed by atoms with E-state index < -0.39 is 0 Å². The Morgan fingerprint density at radius 3 is 1.48 bits per heavy atom. The number of piperazine rings is 2. The van der Waals surface area contributed by atoms with Crippen LogP contribution in [-0.4, -0.2) is 148 Å². The van der Waals surface area contributed by atoms with Crippen LogP contribution in [0.3, 0.4) is 0 Å². The van der Waals surface area contributed by atoms with Crippen LogP contribution in [0.15, 0.2) is 0 Å². The van der Waals surface area contributed by atoms with Gasteiger partial charge < -0.3 is 29.7 Å². The summed E-state index contributed by atoms with van der Waals surface area (Å²) < 4.78 is 5.38. The molecule has 7 heteroatoms. The molecule has 190 valence electrons. The van der Waals surface area contributed by atoms with E-state index >= 15 is 0 Å². The normalized spacial score (nSPS) is 45.7. The fourth-order valence-electron chi connectivity index (χ4n) is 7.60. The van der Waals surface area contributed by atoms with Crippen molar-refractivity contribution in [3.05, 3.63) is 0 Å². The molecule has 7 nitrogen and oxygen atoms in total. The smallest absolute Gasteiger partial charge is 0.0718 e. The molecule has 8 rings (SSSR count). The van der Waals surface area contributed by atoms with Crippen LogP contribution >= 0.6 is 0 Å². The number of likely N-dealkylation sites (N-methyl/N-ethyl adjacent to an activating group) is 4. The second-order valence-corrected chi connectivity index (χ2v) is 12.4. The van der Waals surface area contributed by atoms with E-state index in [0.29, 0.717) is 6.10 Å². The van der Waals surface area contributed by atoms with Crippen LogP contribution in [0.1, 0.15) is 38.5 Å². The summed E-state index contributed by atoms with van der Waals surface area (Å²) in [6.07, 6.45) is 9.12. The average molecular weight is 463 g/mol. The number of likely N-dealkylation sites (tertiary alicyclic amines) is 5. The van der Waals surface area contributed by atoms with Gasteiger partial charge in [0.1, 0.15) is 0 Å². The third kappa shape index (κ3) is 5.60. The molecule has 7 saturated heterocycles. The van der Waals surface area contributed by atoms with E-state index in [2.05, 4.69) is 65.1 Å². The van der Waals surface area contributed by atoms with Crippen molar-refractivity contribution in [2.24, 2.45) is 5.92 Å². The Morgan fingerprint density at radius 2 is 1.24 bits per heavy atom. The number of hydrogen-bond acceptors (Lipinski definition) is 7. The minimum absolute atomic E-state index is 0.574. The van der Waals surface area contributed by atoms with Gasteiger partial charge in [0.2, 0.25) is 0 Å². The molecule has 0 spiro atoms. The van der Waals surface area contributed by atoms with E-state index in [1.54, 1.807) is 0 Å². The molecule has 8 bridgehead atoms. The van der Waals surface area contributed by atoms with Crippen molar-refractivity contribution in [2.75, 3.05) is 81.1 Å². The highest BCUT2D eigenvalue weighted by atomic mass is 16.5. The van der Waals surface area contributed by atoms with Crippen LogP contribution in [0.4, 0.5) is 0 Å². The third-order valence-electron chi connectivity index (χ3n) is 9.98. The zero-order valence-electron chi connectivity index (χ0n) is 22.0. The molecule has 33 heavy (non-hydrogen) atoms. The molecule has 7 heterocycles. The van der Waals surface area contributed by atoms with Gasteiger partial charge in [0.05, 0.1) is 12.7 Å². The van der Waals surface area contributed by atoms with Gasteiger partial charge in [-0.25, -0.2) is 0 Å². The van der Waals surface area contributed by atoms with E-state index in [1.165, 1.54) is 71.2 Å². The maximum Gasteiger partial charge on any atom is 0.0718 e. The lowest BCUT2D eigenvalue weighted by molar-refractivity contribution is 0.0416. The van der Waals surface area contributed by atoms with Gasteiger partial charge in [-0.05, 0) is 79.7 Å². The predicted octanol–water partition coefficient (Wildman–Crippen LogP) is 0.857. The minimum atomic E-state index is 0.574. The summed E-state index contributed by atoms with van der Waals surface area (Å²) >= 11 is 0. The van der Waals surface area contributed by atoms with Gasteiger partial charge in [-0.2, -0.15) is 0 Å². The number of rotatable bonds is 0. The van der Waals surface area contributed by atoms with Crippen LogP contribution in [-0.2, 0) is 4.74 Å². The number of hydrogen-bond donors (Lipinski definition) is 1. The van der Waals surface area contributed by atoms with Crippen LogP contribution in [0.25, 0.3) is 0 Å². The molecule has 8 unspecified atom stereocenters. The first kappa shape index (κ1) is 24.4. The van der Waals surface area contributed by atoms with E-state index in [0.717, 1.165) is 55.3 Å². The lowest BCUT2D eigenvalue weighted by Crippen LogP contribution is -2.42. The molecule has 0 aromatic rings. The van der Waals surface area contributed by atoms with Gasteiger partial charge >= 0.3 is 0 Å². The molecular formula is C26H50N6O. The first-order valence-electron chi connectivity index (χ1n) is 13.7. The number of piperidine rings is 1. The summed E-state index contributed by atoms with van der Waals surface area (Å²) in [6, 6.07) is 5.16. The van der Waals surface area contributed by atoms with Crippen molar-refractivity contribution in [3.63, 3.8) is 0 Å². The van der Waals surface area contributed by atoms with E-state index in [4.69, 9.17) is 4.74 Å². The van der Waals surface area contributed by atoms with Crippen molar-refractivity contribution < 1.29 is 4.74 Å². The Bertz CT molecular complexity index is 564. The monoisotopic (exact) mass is 462 g/mol. The highest BCUT2D eigenvalue weighted by molar-refractivity contribution is 4.97. The SMILES string of the molecule is CN1CC2CC1CN2.CN1CC2CC1CN2C.CN1CC2CC1CO2.CN1CC2CCC1C2. The molecule has 8 aliphatic rings.